The monoisotopic (exact) mass is 410 g/mol. The number of thioether (sulfide) groups is 1. The molecule has 0 saturated carbocycles. The zero-order valence-electron chi connectivity index (χ0n) is 17.0. The van der Waals surface area contributed by atoms with Crippen molar-refractivity contribution < 1.29 is 14.6 Å². The van der Waals surface area contributed by atoms with Crippen LogP contribution in [-0.4, -0.2) is 35.7 Å². The third kappa shape index (κ3) is 5.08. The van der Waals surface area contributed by atoms with E-state index in [4.69, 9.17) is 9.84 Å². The van der Waals surface area contributed by atoms with Crippen molar-refractivity contribution in [2.75, 3.05) is 24.4 Å². The van der Waals surface area contributed by atoms with Gasteiger partial charge in [-0.1, -0.05) is 55.9 Å². The smallest absolute Gasteiger partial charge is 0.283 e. The lowest BCUT2D eigenvalue weighted by molar-refractivity contribution is -0.113. The summed E-state index contributed by atoms with van der Waals surface area (Å²) >= 11 is 1.46. The third-order valence-corrected chi connectivity index (χ3v) is 5.61. The Kier molecular flexibility index (Phi) is 7.12. The summed E-state index contributed by atoms with van der Waals surface area (Å²) in [5.74, 6) is 1.65. The van der Waals surface area contributed by atoms with Crippen LogP contribution in [0.25, 0.3) is 6.08 Å². The largest absolute Gasteiger partial charge is 0.497 e. The van der Waals surface area contributed by atoms with E-state index in [1.54, 1.807) is 12.0 Å². The number of aliphatic hydroxyl groups excluding tert-OH is 1. The first kappa shape index (κ1) is 21.1. The van der Waals surface area contributed by atoms with Crippen molar-refractivity contribution in [1.29, 1.82) is 0 Å². The summed E-state index contributed by atoms with van der Waals surface area (Å²) in [5, 5.41) is 9.70. The Bertz CT molecular complexity index is 920. The van der Waals surface area contributed by atoms with Crippen molar-refractivity contribution in [3.8, 4) is 5.75 Å². The predicted octanol–water partition coefficient (Wildman–Crippen LogP) is 4.68. The predicted molar refractivity (Wildman–Crippen MR) is 121 cm³/mol. The van der Waals surface area contributed by atoms with Gasteiger partial charge >= 0.3 is 0 Å². The molecule has 0 unspecified atom stereocenters. The first-order chi connectivity index (χ1) is 14.0. The molecule has 3 rings (SSSR count). The summed E-state index contributed by atoms with van der Waals surface area (Å²) < 4.78 is 5.30. The van der Waals surface area contributed by atoms with Crippen molar-refractivity contribution in [3.05, 3.63) is 65.4 Å². The molecule has 0 atom stereocenters. The van der Waals surface area contributed by atoms with Gasteiger partial charge in [-0.25, -0.2) is 4.99 Å². The van der Waals surface area contributed by atoms with E-state index in [2.05, 4.69) is 31.0 Å². The molecule has 1 N–H and O–H groups in total. The van der Waals surface area contributed by atoms with Gasteiger partial charge in [-0.15, -0.1) is 0 Å². The summed E-state index contributed by atoms with van der Waals surface area (Å²) in [6, 6.07) is 15.6. The number of hydrogen-bond donors (Lipinski definition) is 1. The van der Waals surface area contributed by atoms with Crippen molar-refractivity contribution >= 4 is 34.6 Å². The number of aliphatic hydroxyl groups is 1. The van der Waals surface area contributed by atoms with E-state index >= 15 is 0 Å². The highest BCUT2D eigenvalue weighted by molar-refractivity contribution is 8.14. The Morgan fingerprint density at radius 3 is 2.62 bits per heavy atom. The van der Waals surface area contributed by atoms with Crippen LogP contribution >= 0.6 is 11.8 Å². The fourth-order valence-corrected chi connectivity index (χ4v) is 3.87. The molecule has 1 amide bonds. The molecule has 1 aliphatic rings. The van der Waals surface area contributed by atoms with Gasteiger partial charge in [0.1, 0.15) is 11.4 Å². The summed E-state index contributed by atoms with van der Waals surface area (Å²) in [6.07, 6.45) is 2.46. The van der Waals surface area contributed by atoms with E-state index in [1.165, 1.54) is 17.3 Å². The number of methoxy groups -OCH3 is 1. The number of aliphatic imine (C=N–C) groups is 1. The van der Waals surface area contributed by atoms with Gasteiger partial charge in [0, 0.05) is 18.4 Å². The van der Waals surface area contributed by atoms with E-state index < -0.39 is 0 Å². The zero-order chi connectivity index (χ0) is 20.8. The molecule has 0 fully saturated rings. The second-order valence-corrected chi connectivity index (χ2v) is 8.08. The number of ether oxygens (including phenoxy) is 1. The van der Waals surface area contributed by atoms with Crippen LogP contribution in [0.1, 0.15) is 37.3 Å². The third-order valence-electron chi connectivity index (χ3n) is 4.58. The topological polar surface area (TPSA) is 62.1 Å². The summed E-state index contributed by atoms with van der Waals surface area (Å²) in [6.45, 7) is 4.42. The van der Waals surface area contributed by atoms with Crippen molar-refractivity contribution in [3.63, 3.8) is 0 Å². The number of amidine groups is 1. The number of nitrogens with zero attached hydrogens (tertiary/aromatic N) is 2. The van der Waals surface area contributed by atoms with Crippen molar-refractivity contribution in [2.24, 2.45) is 4.99 Å². The average Bonchev–Trinajstić information content (AvgIpc) is 3.03. The van der Waals surface area contributed by atoms with Crippen LogP contribution in [0.2, 0.25) is 0 Å². The lowest BCUT2D eigenvalue weighted by atomic mass is 10.0. The van der Waals surface area contributed by atoms with Crippen molar-refractivity contribution in [2.45, 2.75) is 26.2 Å². The number of benzene rings is 2. The Morgan fingerprint density at radius 1 is 1.21 bits per heavy atom. The molecule has 5 nitrogen and oxygen atoms in total. The van der Waals surface area contributed by atoms with Gasteiger partial charge < -0.3 is 9.84 Å². The molecule has 0 spiro atoms. The molecular weight excluding hydrogens is 384 g/mol. The minimum atomic E-state index is -0.169. The van der Waals surface area contributed by atoms with Crippen LogP contribution in [0, 0.1) is 0 Å². The number of carbonyl (C=O) groups is 1. The normalized spacial score (nSPS) is 15.3. The second-order valence-electron chi connectivity index (χ2n) is 7.01. The molecule has 0 saturated heterocycles. The van der Waals surface area contributed by atoms with Gasteiger partial charge in [0.05, 0.1) is 12.8 Å². The van der Waals surface area contributed by atoms with Gasteiger partial charge in [0.15, 0.2) is 5.17 Å². The van der Waals surface area contributed by atoms with Gasteiger partial charge in [0.2, 0.25) is 0 Å². The molecule has 6 heteroatoms. The van der Waals surface area contributed by atoms with E-state index in [9.17, 15) is 4.79 Å². The minimum absolute atomic E-state index is 0.109. The average molecular weight is 411 g/mol. The van der Waals surface area contributed by atoms with Crippen LogP contribution in [-0.2, 0) is 4.79 Å². The highest BCUT2D eigenvalue weighted by Gasteiger charge is 2.32. The maximum absolute atomic E-state index is 13.2. The van der Waals surface area contributed by atoms with Crippen LogP contribution in [0.15, 0.2) is 59.2 Å². The quantitative estimate of drug-likeness (QED) is 0.532. The zero-order valence-corrected chi connectivity index (χ0v) is 17.8. The molecule has 152 valence electrons. The van der Waals surface area contributed by atoms with Crippen LogP contribution < -0.4 is 9.64 Å². The molecular formula is C23H26N2O3S. The van der Waals surface area contributed by atoms with Crippen LogP contribution in [0.5, 0.6) is 5.75 Å². The first-order valence-corrected chi connectivity index (χ1v) is 10.6. The Morgan fingerprint density at radius 2 is 1.97 bits per heavy atom. The number of rotatable bonds is 7. The van der Waals surface area contributed by atoms with E-state index in [0.717, 1.165) is 5.56 Å². The molecule has 2 aromatic carbocycles. The molecule has 1 aliphatic heterocycles. The van der Waals surface area contributed by atoms with E-state index in [-0.39, 0.29) is 12.5 Å². The van der Waals surface area contributed by atoms with Crippen LogP contribution in [0.3, 0.4) is 0 Å². The van der Waals surface area contributed by atoms with E-state index in [0.29, 0.717) is 40.4 Å². The highest BCUT2D eigenvalue weighted by Crippen LogP contribution is 2.31. The summed E-state index contributed by atoms with van der Waals surface area (Å²) in [5.41, 5.74) is 3.31. The summed E-state index contributed by atoms with van der Waals surface area (Å²) in [7, 11) is 1.60. The second kappa shape index (κ2) is 9.76. The first-order valence-electron chi connectivity index (χ1n) is 9.66. The fraction of sp³-hybridized carbons (Fsp3) is 0.304. The van der Waals surface area contributed by atoms with Gasteiger partial charge in [0.25, 0.3) is 5.91 Å². The standard InChI is InChI=1S/C23H26N2O3S/c1-16(2)18-10-8-17(9-11-18)14-21-22(27)25(23(24-21)29-13-5-12-26)19-6-4-7-20(15-19)28-3/h4,6-11,14-16,26H,5,12-13H2,1-3H3/b21-14+. The molecule has 1 heterocycles. The number of hydrogen-bond acceptors (Lipinski definition) is 5. The van der Waals surface area contributed by atoms with E-state index in [1.807, 2.05) is 42.5 Å². The minimum Gasteiger partial charge on any atom is -0.497 e. The number of amides is 1. The fourth-order valence-electron chi connectivity index (χ4n) is 2.93. The van der Waals surface area contributed by atoms with Gasteiger partial charge in [-0.05, 0) is 41.7 Å². The molecule has 0 aromatic heterocycles. The highest BCUT2D eigenvalue weighted by atomic mass is 32.2. The maximum atomic E-state index is 13.2. The summed E-state index contributed by atoms with van der Waals surface area (Å²) in [4.78, 5) is 19.4. The lowest BCUT2D eigenvalue weighted by Crippen LogP contribution is -2.30. The number of carbonyl (C=O) groups excluding carboxylic acids is 1. The number of anilines is 1. The lowest BCUT2D eigenvalue weighted by Gasteiger charge is -2.18. The van der Waals surface area contributed by atoms with Gasteiger partial charge in [-0.3, -0.25) is 9.69 Å². The molecule has 29 heavy (non-hydrogen) atoms. The molecule has 0 radical (unpaired) electrons. The SMILES string of the molecule is COc1cccc(N2C(=O)/C(=C\c3ccc(C(C)C)cc3)N=C2SCCCO)c1. The Hall–Kier alpha value is -2.57. The molecule has 0 bridgehead atoms. The molecule has 2 aromatic rings. The maximum Gasteiger partial charge on any atom is 0.283 e. The Labute approximate surface area is 176 Å². The Balaban J connectivity index is 1.92. The van der Waals surface area contributed by atoms with Gasteiger partial charge in [-0.2, -0.15) is 0 Å². The van der Waals surface area contributed by atoms with Crippen LogP contribution in [0.4, 0.5) is 5.69 Å². The molecule has 0 aliphatic carbocycles. The van der Waals surface area contributed by atoms with Crippen molar-refractivity contribution in [1.82, 2.24) is 0 Å².